The van der Waals surface area contributed by atoms with Gasteiger partial charge in [-0.3, -0.25) is 0 Å². The third kappa shape index (κ3) is 44.9. The predicted molar refractivity (Wildman–Crippen MR) is 90.6 cm³/mol. The molecular weight excluding hydrogens is 296 g/mol. The summed E-state index contributed by atoms with van der Waals surface area (Å²) in [5.41, 5.74) is 0. The predicted octanol–water partition coefficient (Wildman–Crippen LogP) is 6.79. The smallest absolute Gasteiger partial charge is 0.870 e. The molecular formula is C18H40O2Ti. The van der Waals surface area contributed by atoms with Gasteiger partial charge in [0.05, 0.1) is 0 Å². The van der Waals surface area contributed by atoms with E-state index in [9.17, 15) is 0 Å². The average molecular weight is 336 g/mol. The van der Waals surface area contributed by atoms with Crippen molar-refractivity contribution in [1.29, 1.82) is 0 Å². The molecule has 0 radical (unpaired) electrons. The van der Waals surface area contributed by atoms with E-state index < -0.39 is 0 Å². The molecule has 0 aliphatic carbocycles. The van der Waals surface area contributed by atoms with Gasteiger partial charge in [-0.05, 0) is 0 Å². The van der Waals surface area contributed by atoms with Crippen LogP contribution in [-0.4, -0.2) is 11.0 Å². The molecule has 0 aliphatic heterocycles. The molecule has 0 aromatic carbocycles. The maximum atomic E-state index is 3.80. The molecule has 0 unspecified atom stereocenters. The molecule has 0 rings (SSSR count). The van der Waals surface area contributed by atoms with Gasteiger partial charge in [0.15, 0.2) is 0 Å². The van der Waals surface area contributed by atoms with Crippen molar-refractivity contribution in [3.05, 3.63) is 13.8 Å². The zero-order chi connectivity index (χ0) is 13.9. The molecule has 128 valence electrons. The second-order valence-electron chi connectivity index (χ2n) is 5.24. The van der Waals surface area contributed by atoms with Crippen molar-refractivity contribution >= 4 is 0 Å². The van der Waals surface area contributed by atoms with Gasteiger partial charge >= 0.3 is 21.7 Å². The maximum absolute atomic E-state index is 3.80. The molecule has 0 saturated heterocycles. The van der Waals surface area contributed by atoms with Crippen LogP contribution >= 0.6 is 0 Å². The molecule has 0 saturated carbocycles. The Balaban J connectivity index is -0.0000000711. The van der Waals surface area contributed by atoms with E-state index in [2.05, 4.69) is 27.7 Å². The van der Waals surface area contributed by atoms with Crippen molar-refractivity contribution in [2.24, 2.45) is 0 Å². The second-order valence-corrected chi connectivity index (χ2v) is 5.24. The van der Waals surface area contributed by atoms with Crippen LogP contribution in [0.4, 0.5) is 0 Å². The summed E-state index contributed by atoms with van der Waals surface area (Å²) in [6, 6.07) is 0. The van der Waals surface area contributed by atoms with Gasteiger partial charge in [-0.2, -0.15) is 12.8 Å². The topological polar surface area (TPSA) is 60.0 Å². The van der Waals surface area contributed by atoms with Crippen LogP contribution in [0.25, 0.3) is 0 Å². The van der Waals surface area contributed by atoms with E-state index in [0.29, 0.717) is 0 Å². The Hall–Kier alpha value is 0.634. The Morgan fingerprint density at radius 2 is 0.714 bits per heavy atom. The van der Waals surface area contributed by atoms with Crippen LogP contribution in [0, 0.1) is 13.8 Å². The first-order chi connectivity index (χ1) is 8.83. The van der Waals surface area contributed by atoms with Gasteiger partial charge in [0.25, 0.3) is 0 Å². The van der Waals surface area contributed by atoms with Crippen molar-refractivity contribution in [1.82, 2.24) is 0 Å². The van der Waals surface area contributed by atoms with Crippen LogP contribution < -0.4 is 0 Å². The van der Waals surface area contributed by atoms with Gasteiger partial charge in [0.2, 0.25) is 0 Å². The van der Waals surface area contributed by atoms with E-state index in [-0.39, 0.29) is 32.7 Å². The SMILES string of the molecule is [CH2-]CCCCCCCC.[CH2-]CCCCCCCC.[OH-].[OH-].[Ti+4]. The number of hydrogen-bond donors (Lipinski definition) is 0. The molecule has 0 aromatic heterocycles. The summed E-state index contributed by atoms with van der Waals surface area (Å²) in [6.45, 7) is 12.1. The van der Waals surface area contributed by atoms with Crippen molar-refractivity contribution < 1.29 is 32.7 Å². The standard InChI is InChI=1S/2C9H19.2H2O.Ti/c2*1-3-5-7-9-8-6-4-2;;;/h2*1,3-9H2,2H3;2*1H2;/q2*-1;;;+4/p-2. The van der Waals surface area contributed by atoms with Crippen LogP contribution in [0.15, 0.2) is 0 Å². The van der Waals surface area contributed by atoms with E-state index >= 15 is 0 Å². The van der Waals surface area contributed by atoms with Crippen LogP contribution in [0.1, 0.15) is 104 Å². The Morgan fingerprint density at radius 3 is 0.952 bits per heavy atom. The van der Waals surface area contributed by atoms with Gasteiger partial charge in [-0.15, -0.1) is 0 Å². The first-order valence-corrected chi connectivity index (χ1v) is 8.41. The van der Waals surface area contributed by atoms with Crippen LogP contribution in [0.5, 0.6) is 0 Å². The molecule has 3 heteroatoms. The summed E-state index contributed by atoms with van der Waals surface area (Å²) in [5.74, 6) is 0. The first kappa shape index (κ1) is 33.3. The molecule has 21 heavy (non-hydrogen) atoms. The molecule has 0 spiro atoms. The molecule has 0 aliphatic rings. The summed E-state index contributed by atoms with van der Waals surface area (Å²) in [4.78, 5) is 0. The van der Waals surface area contributed by atoms with Crippen molar-refractivity contribution in [2.45, 2.75) is 104 Å². The van der Waals surface area contributed by atoms with Gasteiger partial charge in [-0.1, -0.05) is 90.9 Å². The minimum Gasteiger partial charge on any atom is -0.870 e. The Labute approximate surface area is 150 Å². The average Bonchev–Trinajstić information content (AvgIpc) is 2.39. The molecule has 0 heterocycles. The zero-order valence-electron chi connectivity index (χ0n) is 14.7. The largest absolute Gasteiger partial charge is 4.00 e. The summed E-state index contributed by atoms with van der Waals surface area (Å²) < 4.78 is 0. The molecule has 2 nitrogen and oxygen atoms in total. The fraction of sp³-hybridized carbons (Fsp3) is 0.889. The minimum absolute atomic E-state index is 0. The molecule has 2 N–H and O–H groups in total. The Bertz CT molecular complexity index is 95.8. The Kier molecular flexibility index (Phi) is 58.9. The van der Waals surface area contributed by atoms with Gasteiger partial charge in [-0.25, -0.2) is 0 Å². The number of unbranched alkanes of at least 4 members (excludes halogenated alkanes) is 12. The van der Waals surface area contributed by atoms with Crippen molar-refractivity contribution in [3.8, 4) is 0 Å². The van der Waals surface area contributed by atoms with E-state index in [1.807, 2.05) is 0 Å². The quantitative estimate of drug-likeness (QED) is 0.224. The van der Waals surface area contributed by atoms with E-state index in [4.69, 9.17) is 0 Å². The summed E-state index contributed by atoms with van der Waals surface area (Å²) in [6.07, 6.45) is 18.9. The molecule has 0 aromatic rings. The van der Waals surface area contributed by atoms with Gasteiger partial charge in [0.1, 0.15) is 0 Å². The van der Waals surface area contributed by atoms with Crippen molar-refractivity contribution in [3.63, 3.8) is 0 Å². The Morgan fingerprint density at radius 1 is 0.476 bits per heavy atom. The van der Waals surface area contributed by atoms with Crippen LogP contribution in [0.3, 0.4) is 0 Å². The van der Waals surface area contributed by atoms with E-state index in [1.165, 1.54) is 77.0 Å². The molecule has 0 bridgehead atoms. The van der Waals surface area contributed by atoms with E-state index in [0.717, 1.165) is 12.8 Å². The number of hydrogen-bond acceptors (Lipinski definition) is 2. The first-order valence-electron chi connectivity index (χ1n) is 8.41. The summed E-state index contributed by atoms with van der Waals surface area (Å²) in [5, 5.41) is 0. The number of rotatable bonds is 12. The third-order valence-electron chi connectivity index (χ3n) is 3.21. The molecule has 0 amide bonds. The molecule has 0 atom stereocenters. The van der Waals surface area contributed by atoms with Crippen LogP contribution in [-0.2, 0) is 21.7 Å². The summed E-state index contributed by atoms with van der Waals surface area (Å²) in [7, 11) is 0. The third-order valence-corrected chi connectivity index (χ3v) is 3.21. The van der Waals surface area contributed by atoms with Gasteiger partial charge in [0, 0.05) is 0 Å². The summed E-state index contributed by atoms with van der Waals surface area (Å²) >= 11 is 0. The minimum atomic E-state index is 0. The van der Waals surface area contributed by atoms with Gasteiger partial charge < -0.3 is 24.8 Å². The zero-order valence-corrected chi connectivity index (χ0v) is 16.3. The monoisotopic (exact) mass is 336 g/mol. The van der Waals surface area contributed by atoms with Crippen molar-refractivity contribution in [2.75, 3.05) is 0 Å². The fourth-order valence-corrected chi connectivity index (χ4v) is 1.91. The fourth-order valence-electron chi connectivity index (χ4n) is 1.91. The second kappa shape index (κ2) is 37.1. The van der Waals surface area contributed by atoms with Crippen LogP contribution in [0.2, 0.25) is 0 Å². The molecule has 0 fully saturated rings. The normalized spacial score (nSPS) is 8.57. The maximum Gasteiger partial charge on any atom is 4.00 e. The van der Waals surface area contributed by atoms with E-state index in [1.54, 1.807) is 0 Å².